The fraction of sp³-hybridized carbons (Fsp3) is 0.615. The van der Waals surface area contributed by atoms with Gasteiger partial charge < -0.3 is 4.90 Å². The second kappa shape index (κ2) is 5.15. The van der Waals surface area contributed by atoms with Gasteiger partial charge in [0, 0.05) is 30.7 Å². The van der Waals surface area contributed by atoms with E-state index in [9.17, 15) is 0 Å². The van der Waals surface area contributed by atoms with Gasteiger partial charge in [0.05, 0.1) is 0 Å². The Morgan fingerprint density at radius 2 is 2.13 bits per heavy atom. The molecule has 1 fully saturated rings. The smallest absolute Gasteiger partial charge is 0.0424 e. The number of aromatic nitrogens is 1. The lowest BCUT2D eigenvalue weighted by Gasteiger charge is -2.17. The molecule has 1 aliphatic rings. The maximum atomic E-state index is 4.42. The summed E-state index contributed by atoms with van der Waals surface area (Å²) in [6.45, 7) is 4.67. The molecule has 0 atom stereocenters. The Balaban J connectivity index is 2.04. The largest absolute Gasteiger partial charge is 0.371 e. The highest BCUT2D eigenvalue weighted by atomic mass is 15.1. The average molecular weight is 204 g/mol. The van der Waals surface area contributed by atoms with Gasteiger partial charge in [0.25, 0.3) is 0 Å². The van der Waals surface area contributed by atoms with E-state index in [-0.39, 0.29) is 0 Å². The highest BCUT2D eigenvalue weighted by Gasteiger charge is 2.12. The second-order valence-electron chi connectivity index (χ2n) is 4.30. The van der Waals surface area contributed by atoms with Crippen LogP contribution in [0.2, 0.25) is 0 Å². The first-order valence-corrected chi connectivity index (χ1v) is 6.10. The Morgan fingerprint density at radius 3 is 2.87 bits per heavy atom. The van der Waals surface area contributed by atoms with Gasteiger partial charge in [-0.3, -0.25) is 4.98 Å². The van der Waals surface area contributed by atoms with E-state index in [1.165, 1.54) is 50.2 Å². The second-order valence-corrected chi connectivity index (χ2v) is 4.30. The summed E-state index contributed by atoms with van der Waals surface area (Å²) < 4.78 is 0. The fourth-order valence-corrected chi connectivity index (χ4v) is 2.13. The Hall–Kier alpha value is -1.05. The molecule has 82 valence electrons. The summed E-state index contributed by atoms with van der Waals surface area (Å²) in [5, 5.41) is 0. The van der Waals surface area contributed by atoms with Crippen molar-refractivity contribution in [3.05, 3.63) is 24.0 Å². The summed E-state index contributed by atoms with van der Waals surface area (Å²) in [5.41, 5.74) is 2.62. The van der Waals surface area contributed by atoms with Gasteiger partial charge in [-0.25, -0.2) is 0 Å². The molecule has 0 unspecified atom stereocenters. The predicted molar refractivity (Wildman–Crippen MR) is 64.3 cm³/mol. The highest BCUT2D eigenvalue weighted by molar-refractivity contribution is 5.47. The van der Waals surface area contributed by atoms with Crippen molar-refractivity contribution in [2.75, 3.05) is 18.0 Å². The Morgan fingerprint density at radius 1 is 1.33 bits per heavy atom. The molecule has 0 radical (unpaired) electrons. The third-order valence-electron chi connectivity index (χ3n) is 3.06. The first-order chi connectivity index (χ1) is 7.40. The molecule has 0 spiro atoms. The van der Waals surface area contributed by atoms with Gasteiger partial charge in [-0.15, -0.1) is 0 Å². The van der Waals surface area contributed by atoms with Crippen molar-refractivity contribution in [1.29, 1.82) is 0 Å². The van der Waals surface area contributed by atoms with Gasteiger partial charge >= 0.3 is 0 Å². The minimum atomic E-state index is 1.12. The lowest BCUT2D eigenvalue weighted by atomic mass is 10.2. The lowest BCUT2D eigenvalue weighted by molar-refractivity contribution is 0.775. The summed E-state index contributed by atoms with van der Waals surface area (Å²) in [6.07, 6.45) is 8.25. The number of hydrogen-bond donors (Lipinski definition) is 0. The molecule has 2 nitrogen and oxygen atoms in total. The third-order valence-corrected chi connectivity index (χ3v) is 3.06. The molecule has 15 heavy (non-hydrogen) atoms. The molecule has 1 saturated heterocycles. The average Bonchev–Trinajstić information content (AvgIpc) is 2.80. The van der Waals surface area contributed by atoms with E-state index in [0.717, 1.165) is 6.42 Å². The van der Waals surface area contributed by atoms with Gasteiger partial charge in [-0.05, 0) is 37.8 Å². The van der Waals surface area contributed by atoms with E-state index in [1.807, 2.05) is 6.20 Å². The number of nitrogens with zero attached hydrogens (tertiary/aromatic N) is 2. The molecule has 2 heterocycles. The van der Waals surface area contributed by atoms with Crippen molar-refractivity contribution in [3.63, 3.8) is 0 Å². The minimum Gasteiger partial charge on any atom is -0.371 e. The zero-order valence-electron chi connectivity index (χ0n) is 9.58. The van der Waals surface area contributed by atoms with Crippen LogP contribution in [0.3, 0.4) is 0 Å². The molecular weight excluding hydrogens is 184 g/mol. The SMILES string of the molecule is CCCCc1cc(N2CCCC2)ccn1. The number of unbranched alkanes of at least 4 members (excludes halogenated alkanes) is 1. The predicted octanol–water partition coefficient (Wildman–Crippen LogP) is 3.02. The molecule has 2 heteroatoms. The quantitative estimate of drug-likeness (QED) is 0.749. The Labute approximate surface area is 92.3 Å². The summed E-state index contributed by atoms with van der Waals surface area (Å²) >= 11 is 0. The maximum absolute atomic E-state index is 4.42. The molecule has 1 aromatic heterocycles. The van der Waals surface area contributed by atoms with Crippen molar-refractivity contribution in [3.8, 4) is 0 Å². The van der Waals surface area contributed by atoms with E-state index in [0.29, 0.717) is 0 Å². The van der Waals surface area contributed by atoms with Crippen LogP contribution in [0.1, 0.15) is 38.3 Å². The molecule has 0 aromatic carbocycles. The van der Waals surface area contributed by atoms with Crippen LogP contribution in [-0.2, 0) is 6.42 Å². The number of anilines is 1. The van der Waals surface area contributed by atoms with Crippen molar-refractivity contribution in [2.24, 2.45) is 0 Å². The van der Waals surface area contributed by atoms with Gasteiger partial charge in [0.2, 0.25) is 0 Å². The van der Waals surface area contributed by atoms with Gasteiger partial charge in [0.15, 0.2) is 0 Å². The maximum Gasteiger partial charge on any atom is 0.0424 e. The summed E-state index contributed by atoms with van der Waals surface area (Å²) in [6, 6.07) is 4.40. The van der Waals surface area contributed by atoms with Crippen molar-refractivity contribution in [2.45, 2.75) is 39.0 Å². The number of hydrogen-bond acceptors (Lipinski definition) is 2. The van der Waals surface area contributed by atoms with Crippen molar-refractivity contribution < 1.29 is 0 Å². The summed E-state index contributed by atoms with van der Waals surface area (Å²) in [7, 11) is 0. The molecular formula is C13H20N2. The first-order valence-electron chi connectivity index (χ1n) is 6.10. The molecule has 0 N–H and O–H groups in total. The van der Waals surface area contributed by atoms with Crippen LogP contribution >= 0.6 is 0 Å². The van der Waals surface area contributed by atoms with Gasteiger partial charge in [0.1, 0.15) is 0 Å². The Kier molecular flexibility index (Phi) is 3.59. The van der Waals surface area contributed by atoms with E-state index in [1.54, 1.807) is 0 Å². The molecule has 0 bridgehead atoms. The van der Waals surface area contributed by atoms with Gasteiger partial charge in [-0.2, -0.15) is 0 Å². The minimum absolute atomic E-state index is 1.12. The monoisotopic (exact) mass is 204 g/mol. The van der Waals surface area contributed by atoms with Crippen LogP contribution in [0.4, 0.5) is 5.69 Å². The van der Waals surface area contributed by atoms with Crippen LogP contribution in [0.15, 0.2) is 18.3 Å². The van der Waals surface area contributed by atoms with E-state index in [2.05, 4.69) is 28.9 Å². The molecule has 2 rings (SSSR count). The molecule has 1 aromatic rings. The van der Waals surface area contributed by atoms with Crippen LogP contribution < -0.4 is 4.90 Å². The third kappa shape index (κ3) is 2.71. The van der Waals surface area contributed by atoms with Crippen LogP contribution in [0.25, 0.3) is 0 Å². The van der Waals surface area contributed by atoms with E-state index < -0.39 is 0 Å². The van der Waals surface area contributed by atoms with Crippen molar-refractivity contribution >= 4 is 5.69 Å². The highest BCUT2D eigenvalue weighted by Crippen LogP contribution is 2.20. The first kappa shape index (κ1) is 10.5. The zero-order valence-corrected chi connectivity index (χ0v) is 9.58. The fourth-order valence-electron chi connectivity index (χ4n) is 2.13. The zero-order chi connectivity index (χ0) is 10.5. The number of pyridine rings is 1. The van der Waals surface area contributed by atoms with E-state index in [4.69, 9.17) is 0 Å². The number of aryl methyl sites for hydroxylation is 1. The molecule has 1 aliphatic heterocycles. The topological polar surface area (TPSA) is 16.1 Å². The summed E-state index contributed by atoms with van der Waals surface area (Å²) in [4.78, 5) is 6.89. The lowest BCUT2D eigenvalue weighted by Crippen LogP contribution is -2.17. The van der Waals surface area contributed by atoms with Crippen LogP contribution in [0, 0.1) is 0 Å². The molecule has 0 amide bonds. The summed E-state index contributed by atoms with van der Waals surface area (Å²) in [5.74, 6) is 0. The number of rotatable bonds is 4. The van der Waals surface area contributed by atoms with E-state index >= 15 is 0 Å². The molecule has 0 saturated carbocycles. The Bertz CT molecular complexity index is 303. The normalized spacial score (nSPS) is 15.9. The van der Waals surface area contributed by atoms with Crippen LogP contribution in [-0.4, -0.2) is 18.1 Å². The van der Waals surface area contributed by atoms with Gasteiger partial charge in [-0.1, -0.05) is 13.3 Å². The van der Waals surface area contributed by atoms with Crippen LogP contribution in [0.5, 0.6) is 0 Å². The standard InChI is InChI=1S/C13H20N2/c1-2-3-6-12-11-13(7-8-14-12)15-9-4-5-10-15/h7-8,11H,2-6,9-10H2,1H3. The van der Waals surface area contributed by atoms with Crippen molar-refractivity contribution in [1.82, 2.24) is 4.98 Å². The molecule has 0 aliphatic carbocycles.